The monoisotopic (exact) mass is 363 g/mol. The Morgan fingerprint density at radius 3 is 2.11 bits per heavy atom. The number of rotatable bonds is 10. The molecule has 27 heavy (non-hydrogen) atoms. The molecule has 2 aromatic rings. The van der Waals surface area contributed by atoms with Gasteiger partial charge in [-0.3, -0.25) is 0 Å². The molecule has 2 aromatic carbocycles. The molecular weight excluding hydrogens is 330 g/mol. The molecule has 0 unspecified atom stereocenters. The van der Waals surface area contributed by atoms with Crippen molar-refractivity contribution in [3.05, 3.63) is 71.3 Å². The van der Waals surface area contributed by atoms with Crippen molar-refractivity contribution in [3.63, 3.8) is 0 Å². The molecule has 0 spiro atoms. The highest BCUT2D eigenvalue weighted by molar-refractivity contribution is 5.96. The van der Waals surface area contributed by atoms with E-state index in [9.17, 15) is 0 Å². The fourth-order valence-corrected chi connectivity index (χ4v) is 3.67. The Kier molecular flexibility index (Phi) is 7.09. The number of aryl methyl sites for hydroxylation is 2. The third-order valence-corrected chi connectivity index (χ3v) is 5.22. The summed E-state index contributed by atoms with van der Waals surface area (Å²) in [4.78, 5) is 4.75. The second-order valence-corrected chi connectivity index (χ2v) is 8.28. The van der Waals surface area contributed by atoms with E-state index in [1.54, 1.807) is 0 Å². The predicted octanol–water partition coefficient (Wildman–Crippen LogP) is 6.37. The van der Waals surface area contributed by atoms with Crippen molar-refractivity contribution in [1.82, 2.24) is 0 Å². The number of benzene rings is 2. The van der Waals surface area contributed by atoms with Gasteiger partial charge in [0, 0.05) is 5.56 Å². The average Bonchev–Trinajstić information content (AvgIpc) is 3.05. The van der Waals surface area contributed by atoms with Crippen LogP contribution in [0.15, 0.2) is 59.6 Å². The lowest BCUT2D eigenvalue weighted by Gasteiger charge is -2.09. The van der Waals surface area contributed by atoms with E-state index < -0.39 is 0 Å². The van der Waals surface area contributed by atoms with E-state index in [-0.39, 0.29) is 5.54 Å². The molecular formula is C25H33NO. The summed E-state index contributed by atoms with van der Waals surface area (Å²) in [7, 11) is 0. The van der Waals surface area contributed by atoms with E-state index >= 15 is 0 Å². The maximum Gasteiger partial charge on any atom is 0.217 e. The van der Waals surface area contributed by atoms with Crippen molar-refractivity contribution >= 4 is 5.90 Å². The standard InChI is InChI=1S/C25H33NO/c1-25(2)20-27-24(26-25)23-19-13-12-18-22(23)17-11-6-4-3-5-8-14-21-15-9-7-10-16-21/h7,9-10,12-13,15-16,18-19H,3-6,8,11,14,17,20H2,1-2H3. The second-order valence-electron chi connectivity index (χ2n) is 8.28. The van der Waals surface area contributed by atoms with Gasteiger partial charge in [0.1, 0.15) is 6.61 Å². The molecule has 0 atom stereocenters. The number of hydrogen-bond acceptors (Lipinski definition) is 2. The normalized spacial score (nSPS) is 15.4. The Hall–Kier alpha value is -2.09. The summed E-state index contributed by atoms with van der Waals surface area (Å²) in [5, 5.41) is 0. The molecule has 0 amide bonds. The Morgan fingerprint density at radius 2 is 1.41 bits per heavy atom. The zero-order valence-electron chi connectivity index (χ0n) is 16.9. The first-order valence-electron chi connectivity index (χ1n) is 10.5. The van der Waals surface area contributed by atoms with Crippen LogP contribution in [0.3, 0.4) is 0 Å². The zero-order valence-corrected chi connectivity index (χ0v) is 16.9. The van der Waals surface area contributed by atoms with Gasteiger partial charge in [0.15, 0.2) is 0 Å². The average molecular weight is 364 g/mol. The van der Waals surface area contributed by atoms with Crippen molar-refractivity contribution in [2.45, 2.75) is 70.8 Å². The zero-order chi connectivity index (χ0) is 19.0. The predicted molar refractivity (Wildman–Crippen MR) is 115 cm³/mol. The van der Waals surface area contributed by atoms with Crippen LogP contribution < -0.4 is 0 Å². The summed E-state index contributed by atoms with van der Waals surface area (Å²) < 4.78 is 5.85. The second kappa shape index (κ2) is 9.73. The highest BCUT2D eigenvalue weighted by atomic mass is 16.5. The van der Waals surface area contributed by atoms with Gasteiger partial charge in [-0.2, -0.15) is 0 Å². The van der Waals surface area contributed by atoms with E-state index in [1.165, 1.54) is 61.6 Å². The van der Waals surface area contributed by atoms with Crippen LogP contribution in [0.4, 0.5) is 0 Å². The van der Waals surface area contributed by atoms with E-state index in [4.69, 9.17) is 9.73 Å². The van der Waals surface area contributed by atoms with Crippen LogP contribution in [0.5, 0.6) is 0 Å². The molecule has 0 N–H and O–H groups in total. The first-order valence-corrected chi connectivity index (χ1v) is 10.5. The molecule has 1 aliphatic heterocycles. The van der Waals surface area contributed by atoms with Crippen molar-refractivity contribution in [2.24, 2.45) is 4.99 Å². The number of aliphatic imine (C=N–C) groups is 1. The van der Waals surface area contributed by atoms with Crippen molar-refractivity contribution in [2.75, 3.05) is 6.61 Å². The molecule has 3 rings (SSSR count). The Morgan fingerprint density at radius 1 is 0.778 bits per heavy atom. The Labute approximate surface area is 164 Å². The Bertz CT molecular complexity index is 733. The van der Waals surface area contributed by atoms with E-state index in [2.05, 4.69) is 68.4 Å². The van der Waals surface area contributed by atoms with E-state index in [0.29, 0.717) is 6.61 Å². The third-order valence-electron chi connectivity index (χ3n) is 5.22. The van der Waals surface area contributed by atoms with E-state index in [0.717, 1.165) is 12.3 Å². The minimum absolute atomic E-state index is 0.0950. The van der Waals surface area contributed by atoms with Crippen molar-refractivity contribution < 1.29 is 4.74 Å². The lowest BCUT2D eigenvalue weighted by Crippen LogP contribution is -2.17. The summed E-state index contributed by atoms with van der Waals surface area (Å²) in [5.74, 6) is 0.830. The van der Waals surface area contributed by atoms with Gasteiger partial charge in [-0.05, 0) is 56.7 Å². The summed E-state index contributed by atoms with van der Waals surface area (Å²) in [6.45, 7) is 4.93. The van der Waals surface area contributed by atoms with Gasteiger partial charge in [-0.15, -0.1) is 0 Å². The molecule has 2 nitrogen and oxygen atoms in total. The van der Waals surface area contributed by atoms with Gasteiger partial charge in [0.05, 0.1) is 5.54 Å². The first kappa shape index (κ1) is 19.7. The highest BCUT2D eigenvalue weighted by Crippen LogP contribution is 2.23. The molecule has 0 aliphatic carbocycles. The van der Waals surface area contributed by atoms with E-state index in [1.807, 2.05) is 0 Å². The fourth-order valence-electron chi connectivity index (χ4n) is 3.67. The van der Waals surface area contributed by atoms with Gasteiger partial charge < -0.3 is 4.74 Å². The quantitative estimate of drug-likeness (QED) is 0.450. The van der Waals surface area contributed by atoms with Crippen LogP contribution in [-0.4, -0.2) is 18.0 Å². The number of unbranched alkanes of at least 4 members (excludes halogenated alkanes) is 5. The molecule has 1 heterocycles. The lowest BCUT2D eigenvalue weighted by molar-refractivity contribution is 0.279. The number of hydrogen-bond donors (Lipinski definition) is 0. The number of ether oxygens (including phenoxy) is 1. The summed E-state index contributed by atoms with van der Waals surface area (Å²) >= 11 is 0. The summed E-state index contributed by atoms with van der Waals surface area (Å²) in [5.41, 5.74) is 3.93. The van der Waals surface area contributed by atoms with Crippen molar-refractivity contribution in [3.8, 4) is 0 Å². The minimum atomic E-state index is -0.0950. The van der Waals surface area contributed by atoms with Crippen LogP contribution >= 0.6 is 0 Å². The largest absolute Gasteiger partial charge is 0.475 e. The smallest absolute Gasteiger partial charge is 0.217 e. The highest BCUT2D eigenvalue weighted by Gasteiger charge is 2.27. The van der Waals surface area contributed by atoms with Crippen LogP contribution in [-0.2, 0) is 17.6 Å². The minimum Gasteiger partial charge on any atom is -0.475 e. The molecule has 0 fully saturated rings. The molecule has 0 bridgehead atoms. The maximum absolute atomic E-state index is 5.85. The van der Waals surface area contributed by atoms with Crippen LogP contribution in [0.2, 0.25) is 0 Å². The molecule has 2 heteroatoms. The van der Waals surface area contributed by atoms with Gasteiger partial charge in [-0.1, -0.05) is 74.2 Å². The van der Waals surface area contributed by atoms with Crippen LogP contribution in [0.25, 0.3) is 0 Å². The number of nitrogens with zero attached hydrogens (tertiary/aromatic N) is 1. The third kappa shape index (κ3) is 6.23. The molecule has 0 radical (unpaired) electrons. The molecule has 1 aliphatic rings. The maximum atomic E-state index is 5.85. The van der Waals surface area contributed by atoms with Crippen LogP contribution in [0.1, 0.15) is 69.1 Å². The van der Waals surface area contributed by atoms with Crippen molar-refractivity contribution in [1.29, 1.82) is 0 Å². The topological polar surface area (TPSA) is 21.6 Å². The SMILES string of the molecule is CC1(C)COC(c2ccccc2CCCCCCCCc2ccccc2)=N1. The first-order chi connectivity index (χ1) is 13.1. The molecule has 144 valence electrons. The van der Waals surface area contributed by atoms with Gasteiger partial charge >= 0.3 is 0 Å². The summed E-state index contributed by atoms with van der Waals surface area (Å²) in [6, 6.07) is 19.4. The molecule has 0 saturated carbocycles. The fraction of sp³-hybridized carbons (Fsp3) is 0.480. The van der Waals surface area contributed by atoms with Gasteiger partial charge in [0.25, 0.3) is 0 Å². The Balaban J connectivity index is 1.35. The van der Waals surface area contributed by atoms with Crippen LogP contribution in [0, 0.1) is 0 Å². The molecule has 0 saturated heterocycles. The van der Waals surface area contributed by atoms with Gasteiger partial charge in [-0.25, -0.2) is 4.99 Å². The van der Waals surface area contributed by atoms with Gasteiger partial charge in [0.2, 0.25) is 5.90 Å². The summed E-state index contributed by atoms with van der Waals surface area (Å²) in [6.07, 6.45) is 10.2. The molecule has 0 aromatic heterocycles. The lowest BCUT2D eigenvalue weighted by atomic mass is 9.99.